The fourth-order valence-electron chi connectivity index (χ4n) is 4.38. The zero-order valence-corrected chi connectivity index (χ0v) is 10.6. The first-order valence-corrected chi connectivity index (χ1v) is 7.11. The van der Waals surface area contributed by atoms with E-state index in [0.717, 1.165) is 24.3 Å². The molecule has 2 heteroatoms. The van der Waals surface area contributed by atoms with Crippen molar-refractivity contribution in [3.05, 3.63) is 0 Å². The summed E-state index contributed by atoms with van der Waals surface area (Å²) >= 11 is 0. The molecule has 3 fully saturated rings. The Balaban J connectivity index is 1.53. The van der Waals surface area contributed by atoms with Crippen molar-refractivity contribution in [1.29, 1.82) is 0 Å². The zero-order chi connectivity index (χ0) is 11.2. The molecule has 0 amide bonds. The Kier molecular flexibility index (Phi) is 2.75. The van der Waals surface area contributed by atoms with Gasteiger partial charge in [-0.05, 0) is 61.9 Å². The number of nitrogens with two attached hydrogens (primary N) is 1. The second-order valence-corrected chi connectivity index (χ2v) is 6.93. The van der Waals surface area contributed by atoms with Crippen molar-refractivity contribution in [2.45, 2.75) is 39.0 Å². The summed E-state index contributed by atoms with van der Waals surface area (Å²) in [7, 11) is 0. The van der Waals surface area contributed by atoms with Crippen molar-refractivity contribution in [1.82, 2.24) is 4.90 Å². The van der Waals surface area contributed by atoms with Gasteiger partial charge in [0.25, 0.3) is 0 Å². The predicted molar refractivity (Wildman–Crippen MR) is 67.2 cm³/mol. The molecule has 0 aromatic heterocycles. The molecule has 2 saturated carbocycles. The van der Waals surface area contributed by atoms with Crippen LogP contribution in [-0.2, 0) is 0 Å². The fourth-order valence-corrected chi connectivity index (χ4v) is 4.38. The van der Waals surface area contributed by atoms with Crippen LogP contribution in [0.4, 0.5) is 0 Å². The molecule has 4 unspecified atom stereocenters. The summed E-state index contributed by atoms with van der Waals surface area (Å²) in [5.41, 5.74) is 6.29. The van der Waals surface area contributed by atoms with Gasteiger partial charge < -0.3 is 10.6 Å². The summed E-state index contributed by atoms with van der Waals surface area (Å²) in [4.78, 5) is 2.69. The standard InChI is InChI=1S/C14H26N2/c1-14(9-15)4-5-16(10-14)8-13-7-11-2-3-12(13)6-11/h11-13H,2-10,15H2,1H3. The number of likely N-dealkylation sites (tertiary alicyclic amines) is 1. The highest BCUT2D eigenvalue weighted by atomic mass is 15.2. The van der Waals surface area contributed by atoms with Gasteiger partial charge in [0, 0.05) is 13.1 Å². The Bertz CT molecular complexity index is 265. The monoisotopic (exact) mass is 222 g/mol. The smallest absolute Gasteiger partial charge is 0.00480 e. The number of fused-ring (bicyclic) bond motifs is 2. The van der Waals surface area contributed by atoms with Crippen LogP contribution >= 0.6 is 0 Å². The highest BCUT2D eigenvalue weighted by Crippen LogP contribution is 2.48. The van der Waals surface area contributed by atoms with Crippen LogP contribution in [0.3, 0.4) is 0 Å². The van der Waals surface area contributed by atoms with E-state index in [0.29, 0.717) is 5.41 Å². The van der Waals surface area contributed by atoms with E-state index >= 15 is 0 Å². The molecule has 92 valence electrons. The van der Waals surface area contributed by atoms with Gasteiger partial charge >= 0.3 is 0 Å². The van der Waals surface area contributed by atoms with Crippen LogP contribution < -0.4 is 5.73 Å². The number of nitrogens with zero attached hydrogens (tertiary/aromatic N) is 1. The topological polar surface area (TPSA) is 29.3 Å². The highest BCUT2D eigenvalue weighted by Gasteiger charge is 2.41. The third-order valence-electron chi connectivity index (χ3n) is 5.51. The Hall–Kier alpha value is -0.0800. The van der Waals surface area contributed by atoms with E-state index in [2.05, 4.69) is 11.8 Å². The molecule has 2 aliphatic carbocycles. The van der Waals surface area contributed by atoms with Gasteiger partial charge in [-0.25, -0.2) is 0 Å². The molecule has 1 saturated heterocycles. The van der Waals surface area contributed by atoms with Crippen molar-refractivity contribution in [3.8, 4) is 0 Å². The molecule has 3 aliphatic rings. The largest absolute Gasteiger partial charge is 0.330 e. The van der Waals surface area contributed by atoms with Gasteiger partial charge in [-0.1, -0.05) is 13.3 Å². The molecule has 0 aromatic carbocycles. The minimum Gasteiger partial charge on any atom is -0.330 e. The van der Waals surface area contributed by atoms with Gasteiger partial charge in [-0.15, -0.1) is 0 Å². The lowest BCUT2D eigenvalue weighted by Crippen LogP contribution is -2.34. The maximum absolute atomic E-state index is 5.87. The van der Waals surface area contributed by atoms with Gasteiger partial charge in [0.05, 0.1) is 0 Å². The van der Waals surface area contributed by atoms with E-state index in [4.69, 9.17) is 5.73 Å². The van der Waals surface area contributed by atoms with Crippen molar-refractivity contribution >= 4 is 0 Å². The molecular weight excluding hydrogens is 196 g/mol. The van der Waals surface area contributed by atoms with E-state index in [1.165, 1.54) is 45.3 Å². The van der Waals surface area contributed by atoms with Gasteiger partial charge in [0.1, 0.15) is 0 Å². The first kappa shape index (κ1) is 11.0. The Morgan fingerprint density at radius 3 is 2.75 bits per heavy atom. The maximum Gasteiger partial charge on any atom is 0.00480 e. The molecule has 4 atom stereocenters. The van der Waals surface area contributed by atoms with E-state index in [1.807, 2.05) is 0 Å². The van der Waals surface area contributed by atoms with Crippen LogP contribution in [0.2, 0.25) is 0 Å². The van der Waals surface area contributed by atoms with Crippen molar-refractivity contribution in [2.24, 2.45) is 28.9 Å². The van der Waals surface area contributed by atoms with Gasteiger partial charge in [0.15, 0.2) is 0 Å². The van der Waals surface area contributed by atoms with E-state index in [9.17, 15) is 0 Å². The minimum absolute atomic E-state index is 0.414. The summed E-state index contributed by atoms with van der Waals surface area (Å²) in [5, 5.41) is 0. The summed E-state index contributed by atoms with van der Waals surface area (Å²) in [6.07, 6.45) is 7.44. The molecule has 1 heterocycles. The Morgan fingerprint density at radius 1 is 1.31 bits per heavy atom. The zero-order valence-electron chi connectivity index (χ0n) is 10.6. The second-order valence-electron chi connectivity index (χ2n) is 6.93. The van der Waals surface area contributed by atoms with E-state index < -0.39 is 0 Å². The predicted octanol–water partition coefficient (Wildman–Crippen LogP) is 2.09. The summed E-state index contributed by atoms with van der Waals surface area (Å²) in [6.45, 7) is 7.13. The van der Waals surface area contributed by atoms with E-state index in [1.54, 1.807) is 6.42 Å². The molecule has 2 bridgehead atoms. The van der Waals surface area contributed by atoms with Crippen LogP contribution in [0.1, 0.15) is 39.0 Å². The SMILES string of the molecule is CC1(CN)CCN(CC2CC3CCC2C3)C1. The fraction of sp³-hybridized carbons (Fsp3) is 1.00. The summed E-state index contributed by atoms with van der Waals surface area (Å²) < 4.78 is 0. The summed E-state index contributed by atoms with van der Waals surface area (Å²) in [6, 6.07) is 0. The normalized spacial score (nSPS) is 48.0. The Labute approximate surface area is 99.6 Å². The van der Waals surface area contributed by atoms with Gasteiger partial charge in [-0.2, -0.15) is 0 Å². The molecule has 2 nitrogen and oxygen atoms in total. The number of rotatable bonds is 3. The third kappa shape index (κ3) is 1.91. The average Bonchev–Trinajstić information content (AvgIpc) is 2.95. The molecular formula is C14H26N2. The molecule has 2 N–H and O–H groups in total. The molecule has 1 aliphatic heterocycles. The van der Waals surface area contributed by atoms with Crippen LogP contribution in [0.15, 0.2) is 0 Å². The minimum atomic E-state index is 0.414. The average molecular weight is 222 g/mol. The highest BCUT2D eigenvalue weighted by molar-refractivity contribution is 4.94. The van der Waals surface area contributed by atoms with Crippen LogP contribution in [-0.4, -0.2) is 31.1 Å². The first-order chi connectivity index (χ1) is 7.68. The molecule has 0 aromatic rings. The Morgan fingerprint density at radius 2 is 2.19 bits per heavy atom. The van der Waals surface area contributed by atoms with Crippen molar-refractivity contribution < 1.29 is 0 Å². The van der Waals surface area contributed by atoms with Crippen molar-refractivity contribution in [3.63, 3.8) is 0 Å². The van der Waals surface area contributed by atoms with Gasteiger partial charge in [-0.3, -0.25) is 0 Å². The number of hydrogen-bond acceptors (Lipinski definition) is 2. The van der Waals surface area contributed by atoms with E-state index in [-0.39, 0.29) is 0 Å². The van der Waals surface area contributed by atoms with Crippen LogP contribution in [0.5, 0.6) is 0 Å². The molecule has 0 radical (unpaired) electrons. The molecule has 0 spiro atoms. The first-order valence-electron chi connectivity index (χ1n) is 7.11. The summed E-state index contributed by atoms with van der Waals surface area (Å²) in [5.74, 6) is 3.20. The lowest BCUT2D eigenvalue weighted by molar-refractivity contribution is 0.202. The van der Waals surface area contributed by atoms with Crippen LogP contribution in [0, 0.1) is 23.2 Å². The maximum atomic E-state index is 5.87. The lowest BCUT2D eigenvalue weighted by Gasteiger charge is -2.28. The second kappa shape index (κ2) is 3.99. The third-order valence-corrected chi connectivity index (χ3v) is 5.51. The van der Waals surface area contributed by atoms with Crippen LogP contribution in [0.25, 0.3) is 0 Å². The molecule has 16 heavy (non-hydrogen) atoms. The number of hydrogen-bond donors (Lipinski definition) is 1. The van der Waals surface area contributed by atoms with Gasteiger partial charge in [0.2, 0.25) is 0 Å². The molecule has 3 rings (SSSR count). The van der Waals surface area contributed by atoms with Crippen molar-refractivity contribution in [2.75, 3.05) is 26.2 Å². The quantitative estimate of drug-likeness (QED) is 0.792. The lowest BCUT2D eigenvalue weighted by atomic mass is 9.88.